The van der Waals surface area contributed by atoms with Crippen molar-refractivity contribution in [1.82, 2.24) is 9.97 Å². The lowest BCUT2D eigenvalue weighted by atomic mass is 10.1. The summed E-state index contributed by atoms with van der Waals surface area (Å²) < 4.78 is 5.04. The molecule has 1 heterocycles. The maximum atomic E-state index is 5.04. The van der Waals surface area contributed by atoms with E-state index in [0.717, 1.165) is 24.5 Å². The summed E-state index contributed by atoms with van der Waals surface area (Å²) in [6.07, 6.45) is 2.58. The monoisotopic (exact) mass is 223 g/mol. The van der Waals surface area contributed by atoms with Gasteiger partial charge in [0.05, 0.1) is 0 Å². The van der Waals surface area contributed by atoms with Crippen LogP contribution in [0, 0.1) is 0 Å². The van der Waals surface area contributed by atoms with Crippen molar-refractivity contribution in [3.05, 3.63) is 18.1 Å². The fraction of sp³-hybridized carbons (Fsp3) is 0.667. The summed E-state index contributed by atoms with van der Waals surface area (Å²) in [6, 6.07) is 2.36. The third-order valence-corrected chi connectivity index (χ3v) is 2.43. The number of ether oxygens (including phenoxy) is 1. The Morgan fingerprint density at radius 2 is 2.06 bits per heavy atom. The first kappa shape index (κ1) is 12.9. The van der Waals surface area contributed by atoms with Crippen molar-refractivity contribution in [3.63, 3.8) is 0 Å². The summed E-state index contributed by atoms with van der Waals surface area (Å²) >= 11 is 0. The third kappa shape index (κ3) is 4.14. The molecule has 1 aromatic rings. The van der Waals surface area contributed by atoms with Crippen LogP contribution in [0.2, 0.25) is 0 Å². The number of rotatable bonds is 6. The van der Waals surface area contributed by atoms with Gasteiger partial charge in [0.2, 0.25) is 0 Å². The Balaban J connectivity index is 2.56. The maximum absolute atomic E-state index is 5.04. The molecular formula is C12H21N3O. The fourth-order valence-corrected chi connectivity index (χ4v) is 1.39. The molecule has 0 fully saturated rings. The molecule has 0 aromatic carbocycles. The molecule has 1 aromatic heterocycles. The highest BCUT2D eigenvalue weighted by molar-refractivity contribution is 5.36. The summed E-state index contributed by atoms with van der Waals surface area (Å²) in [7, 11) is 1.72. The van der Waals surface area contributed by atoms with Crippen molar-refractivity contribution in [2.24, 2.45) is 0 Å². The number of nitrogens with zero attached hydrogens (tertiary/aromatic N) is 2. The van der Waals surface area contributed by atoms with Crippen LogP contribution in [0.15, 0.2) is 12.4 Å². The molecule has 0 spiro atoms. The predicted molar refractivity (Wildman–Crippen MR) is 65.7 cm³/mol. The first-order valence-corrected chi connectivity index (χ1v) is 5.71. The topological polar surface area (TPSA) is 47.0 Å². The zero-order valence-corrected chi connectivity index (χ0v) is 10.5. The van der Waals surface area contributed by atoms with Gasteiger partial charge in [0.25, 0.3) is 0 Å². The quantitative estimate of drug-likeness (QED) is 0.804. The lowest BCUT2D eigenvalue weighted by molar-refractivity contribution is 0.191. The van der Waals surface area contributed by atoms with E-state index in [1.807, 2.05) is 6.07 Å². The third-order valence-electron chi connectivity index (χ3n) is 2.43. The van der Waals surface area contributed by atoms with Gasteiger partial charge in [0.15, 0.2) is 0 Å². The van der Waals surface area contributed by atoms with Crippen LogP contribution in [0.3, 0.4) is 0 Å². The van der Waals surface area contributed by atoms with E-state index in [2.05, 4.69) is 36.1 Å². The van der Waals surface area contributed by atoms with Crippen LogP contribution in [0.4, 0.5) is 5.82 Å². The van der Waals surface area contributed by atoms with Gasteiger partial charge < -0.3 is 10.1 Å². The van der Waals surface area contributed by atoms with Gasteiger partial charge in [-0.3, -0.25) is 0 Å². The number of anilines is 1. The number of methoxy groups -OCH3 is 1. The van der Waals surface area contributed by atoms with Crippen LogP contribution in [0.1, 0.15) is 38.8 Å². The molecule has 1 rings (SSSR count). The molecule has 1 N–H and O–H groups in total. The van der Waals surface area contributed by atoms with Gasteiger partial charge in [-0.2, -0.15) is 0 Å². The number of aromatic nitrogens is 2. The molecular weight excluding hydrogens is 202 g/mol. The second-order valence-corrected chi connectivity index (χ2v) is 4.31. The van der Waals surface area contributed by atoms with Crippen molar-refractivity contribution < 1.29 is 4.74 Å². The Morgan fingerprint density at radius 1 is 1.31 bits per heavy atom. The highest BCUT2D eigenvalue weighted by Crippen LogP contribution is 2.14. The van der Waals surface area contributed by atoms with Crippen LogP contribution >= 0.6 is 0 Å². The van der Waals surface area contributed by atoms with Crippen LogP contribution < -0.4 is 5.32 Å². The largest absolute Gasteiger partial charge is 0.385 e. The van der Waals surface area contributed by atoms with Gasteiger partial charge in [-0.25, -0.2) is 9.97 Å². The molecule has 0 aliphatic carbocycles. The Hall–Kier alpha value is -1.16. The fourth-order valence-electron chi connectivity index (χ4n) is 1.39. The molecule has 4 nitrogen and oxygen atoms in total. The Bertz CT molecular complexity index is 315. The van der Waals surface area contributed by atoms with Crippen molar-refractivity contribution in [2.45, 2.75) is 39.2 Å². The lowest BCUT2D eigenvalue weighted by Crippen LogP contribution is -2.18. The Kier molecular flexibility index (Phi) is 5.19. The maximum Gasteiger partial charge on any atom is 0.129 e. The second-order valence-electron chi connectivity index (χ2n) is 4.31. The molecule has 0 aliphatic rings. The Morgan fingerprint density at radius 3 is 2.69 bits per heavy atom. The van der Waals surface area contributed by atoms with Crippen molar-refractivity contribution in [2.75, 3.05) is 19.0 Å². The van der Waals surface area contributed by atoms with E-state index in [1.54, 1.807) is 13.4 Å². The van der Waals surface area contributed by atoms with Gasteiger partial charge in [0, 0.05) is 31.5 Å². The lowest BCUT2D eigenvalue weighted by Gasteiger charge is -2.14. The average Bonchev–Trinajstić information content (AvgIpc) is 2.26. The van der Waals surface area contributed by atoms with E-state index in [1.165, 1.54) is 0 Å². The summed E-state index contributed by atoms with van der Waals surface area (Å²) in [5.74, 6) is 1.32. The molecule has 0 amide bonds. The summed E-state index contributed by atoms with van der Waals surface area (Å²) in [4.78, 5) is 8.44. The highest BCUT2D eigenvalue weighted by Gasteiger charge is 2.05. The minimum Gasteiger partial charge on any atom is -0.385 e. The van der Waals surface area contributed by atoms with Gasteiger partial charge in [-0.05, 0) is 19.3 Å². The molecule has 1 unspecified atom stereocenters. The molecule has 16 heavy (non-hydrogen) atoms. The first-order valence-electron chi connectivity index (χ1n) is 5.71. The highest BCUT2D eigenvalue weighted by atomic mass is 16.5. The SMILES string of the molecule is COCCC(C)Nc1cc(C(C)C)ncn1. The van der Waals surface area contributed by atoms with Gasteiger partial charge in [-0.15, -0.1) is 0 Å². The molecule has 0 bridgehead atoms. The van der Waals surface area contributed by atoms with Gasteiger partial charge >= 0.3 is 0 Å². The number of hydrogen-bond donors (Lipinski definition) is 1. The van der Waals surface area contributed by atoms with Crippen LogP contribution in [0.25, 0.3) is 0 Å². The summed E-state index contributed by atoms with van der Waals surface area (Å²) in [5, 5.41) is 3.34. The van der Waals surface area contributed by atoms with Crippen molar-refractivity contribution in [3.8, 4) is 0 Å². The molecule has 0 saturated heterocycles. The van der Waals surface area contributed by atoms with Crippen LogP contribution in [0.5, 0.6) is 0 Å². The van der Waals surface area contributed by atoms with E-state index in [4.69, 9.17) is 4.74 Å². The molecule has 0 saturated carbocycles. The second kappa shape index (κ2) is 6.43. The number of hydrogen-bond acceptors (Lipinski definition) is 4. The van der Waals surface area contributed by atoms with E-state index in [-0.39, 0.29) is 0 Å². The average molecular weight is 223 g/mol. The van der Waals surface area contributed by atoms with E-state index in [9.17, 15) is 0 Å². The molecule has 4 heteroatoms. The number of nitrogens with one attached hydrogen (secondary N) is 1. The predicted octanol–water partition coefficient (Wildman–Crippen LogP) is 2.44. The van der Waals surface area contributed by atoms with Crippen molar-refractivity contribution in [1.29, 1.82) is 0 Å². The molecule has 0 aliphatic heterocycles. The molecule has 1 atom stereocenters. The minimum absolute atomic E-state index is 0.356. The van der Waals surface area contributed by atoms with Gasteiger partial charge in [0.1, 0.15) is 12.1 Å². The molecule has 0 radical (unpaired) electrons. The zero-order valence-electron chi connectivity index (χ0n) is 10.5. The van der Waals surface area contributed by atoms with Crippen molar-refractivity contribution >= 4 is 5.82 Å². The van der Waals surface area contributed by atoms with Gasteiger partial charge in [-0.1, -0.05) is 13.8 Å². The zero-order chi connectivity index (χ0) is 12.0. The normalized spacial score (nSPS) is 12.8. The summed E-state index contributed by atoms with van der Waals surface area (Å²) in [5.41, 5.74) is 1.07. The summed E-state index contributed by atoms with van der Waals surface area (Å²) in [6.45, 7) is 7.13. The Labute approximate surface area is 97.5 Å². The van der Waals surface area contributed by atoms with E-state index < -0.39 is 0 Å². The smallest absolute Gasteiger partial charge is 0.129 e. The molecule has 90 valence electrons. The minimum atomic E-state index is 0.356. The van der Waals surface area contributed by atoms with E-state index >= 15 is 0 Å². The first-order chi connectivity index (χ1) is 7.63. The van der Waals surface area contributed by atoms with E-state index in [0.29, 0.717) is 12.0 Å². The van der Waals surface area contributed by atoms with Crippen LogP contribution in [-0.4, -0.2) is 29.7 Å². The van der Waals surface area contributed by atoms with Crippen LogP contribution in [-0.2, 0) is 4.74 Å². The standard InChI is InChI=1S/C12H21N3O/c1-9(2)11-7-12(14-8-13-11)15-10(3)5-6-16-4/h7-10H,5-6H2,1-4H3,(H,13,14,15).